The van der Waals surface area contributed by atoms with Gasteiger partial charge in [-0.25, -0.2) is 4.98 Å². The Morgan fingerprint density at radius 2 is 1.70 bits per heavy atom. The van der Waals surface area contributed by atoms with E-state index in [-0.39, 0.29) is 0 Å². The molecule has 0 amide bonds. The minimum atomic E-state index is 0.494. The zero-order valence-corrected chi connectivity index (χ0v) is 20.5. The number of nitrogens with one attached hydrogen (secondary N) is 1. The molecule has 2 fully saturated rings. The van der Waals surface area contributed by atoms with Crippen LogP contribution in [0, 0.1) is 0 Å². The van der Waals surface area contributed by atoms with E-state index >= 15 is 0 Å². The number of likely N-dealkylation sites (N-methyl/N-ethyl adjacent to an activating group) is 1. The first-order chi connectivity index (χ1) is 16.2. The standard InChI is InChI=1S/C26H39N7/c1-4-24(23-8-6-5-7-9-23)31-16-18-33(19-17-31)26(27-2)29-21-22-10-11-25(28-20-22)32-14-12-30(3)13-15-32/h5-11,20,24H,4,12-19,21H2,1-3H3,(H,27,29). The van der Waals surface area contributed by atoms with Gasteiger partial charge in [-0.05, 0) is 30.7 Å². The summed E-state index contributed by atoms with van der Waals surface area (Å²) in [5.74, 6) is 2.06. The van der Waals surface area contributed by atoms with Crippen molar-refractivity contribution in [2.24, 2.45) is 4.99 Å². The van der Waals surface area contributed by atoms with Gasteiger partial charge in [0.05, 0.1) is 0 Å². The second kappa shape index (κ2) is 11.5. The Morgan fingerprint density at radius 1 is 0.970 bits per heavy atom. The van der Waals surface area contributed by atoms with Gasteiger partial charge < -0.3 is 20.0 Å². The van der Waals surface area contributed by atoms with Gasteiger partial charge in [-0.2, -0.15) is 0 Å². The van der Waals surface area contributed by atoms with E-state index in [1.807, 2.05) is 13.2 Å². The van der Waals surface area contributed by atoms with Crippen LogP contribution in [-0.4, -0.2) is 92.1 Å². The summed E-state index contributed by atoms with van der Waals surface area (Å²) >= 11 is 0. The number of hydrogen-bond donors (Lipinski definition) is 1. The van der Waals surface area contributed by atoms with Crippen molar-refractivity contribution in [2.75, 3.05) is 71.4 Å². The quantitative estimate of drug-likeness (QED) is 0.541. The molecule has 1 aromatic heterocycles. The lowest BCUT2D eigenvalue weighted by Crippen LogP contribution is -2.52. The normalized spacial score (nSPS) is 19.5. The van der Waals surface area contributed by atoms with Crippen LogP contribution in [0.1, 0.15) is 30.5 Å². The summed E-state index contributed by atoms with van der Waals surface area (Å²) in [6.45, 7) is 11.4. The largest absolute Gasteiger partial charge is 0.354 e. The van der Waals surface area contributed by atoms with Crippen molar-refractivity contribution >= 4 is 11.8 Å². The fourth-order valence-electron chi connectivity index (χ4n) is 4.88. The molecule has 2 aromatic rings. The van der Waals surface area contributed by atoms with Gasteiger partial charge in [-0.15, -0.1) is 0 Å². The van der Waals surface area contributed by atoms with Gasteiger partial charge >= 0.3 is 0 Å². The van der Waals surface area contributed by atoms with E-state index in [0.717, 1.165) is 77.1 Å². The van der Waals surface area contributed by atoms with Crippen LogP contribution < -0.4 is 10.2 Å². The van der Waals surface area contributed by atoms with E-state index in [1.165, 1.54) is 11.1 Å². The zero-order valence-electron chi connectivity index (χ0n) is 20.5. The molecule has 2 aliphatic heterocycles. The molecule has 3 heterocycles. The molecular weight excluding hydrogens is 410 g/mol. The maximum absolute atomic E-state index is 4.72. The smallest absolute Gasteiger partial charge is 0.194 e. The van der Waals surface area contributed by atoms with Gasteiger partial charge in [0.2, 0.25) is 0 Å². The first-order valence-electron chi connectivity index (χ1n) is 12.3. The molecule has 0 bridgehead atoms. The summed E-state index contributed by atoms with van der Waals surface area (Å²) in [7, 11) is 4.06. The number of nitrogens with zero attached hydrogens (tertiary/aromatic N) is 6. The van der Waals surface area contributed by atoms with Crippen molar-refractivity contribution < 1.29 is 0 Å². The molecule has 1 aromatic carbocycles. The molecule has 0 aliphatic carbocycles. The predicted octanol–water partition coefficient (Wildman–Crippen LogP) is 2.68. The van der Waals surface area contributed by atoms with E-state index < -0.39 is 0 Å². The third-order valence-corrected chi connectivity index (χ3v) is 6.92. The van der Waals surface area contributed by atoms with Crippen LogP contribution in [0.25, 0.3) is 0 Å². The molecule has 1 unspecified atom stereocenters. The molecule has 178 valence electrons. The lowest BCUT2D eigenvalue weighted by Gasteiger charge is -2.40. The number of aromatic nitrogens is 1. The van der Waals surface area contributed by atoms with Crippen molar-refractivity contribution in [3.8, 4) is 0 Å². The summed E-state index contributed by atoms with van der Waals surface area (Å²) in [6.07, 6.45) is 3.13. The molecule has 0 saturated carbocycles. The molecule has 2 saturated heterocycles. The monoisotopic (exact) mass is 449 g/mol. The van der Waals surface area contributed by atoms with Crippen LogP contribution in [0.2, 0.25) is 0 Å². The lowest BCUT2D eigenvalue weighted by atomic mass is 10.0. The van der Waals surface area contributed by atoms with Crippen LogP contribution in [0.3, 0.4) is 0 Å². The van der Waals surface area contributed by atoms with Gasteiger partial charge in [-0.1, -0.05) is 43.3 Å². The fourth-order valence-corrected chi connectivity index (χ4v) is 4.88. The van der Waals surface area contributed by atoms with Crippen molar-refractivity contribution in [1.82, 2.24) is 25.0 Å². The Bertz CT molecular complexity index is 867. The number of piperazine rings is 2. The third kappa shape index (κ3) is 6.03. The second-order valence-corrected chi connectivity index (χ2v) is 9.07. The minimum absolute atomic E-state index is 0.494. The zero-order chi connectivity index (χ0) is 23.0. The highest BCUT2D eigenvalue weighted by molar-refractivity contribution is 5.80. The average molecular weight is 450 g/mol. The first kappa shape index (κ1) is 23.5. The number of rotatable bonds is 6. The SMILES string of the molecule is CCC(c1ccccc1)N1CCN(C(=NC)NCc2ccc(N3CCN(C)CC3)nc2)CC1. The number of benzene rings is 1. The van der Waals surface area contributed by atoms with Gasteiger partial charge in [0.25, 0.3) is 0 Å². The van der Waals surface area contributed by atoms with Gasteiger partial charge in [0, 0.05) is 78.2 Å². The van der Waals surface area contributed by atoms with E-state index in [0.29, 0.717) is 6.04 Å². The average Bonchev–Trinajstić information content (AvgIpc) is 2.87. The van der Waals surface area contributed by atoms with Crippen molar-refractivity contribution in [2.45, 2.75) is 25.9 Å². The fraction of sp³-hybridized carbons (Fsp3) is 0.538. The molecule has 7 nitrogen and oxygen atoms in total. The molecule has 0 spiro atoms. The molecule has 0 radical (unpaired) electrons. The third-order valence-electron chi connectivity index (χ3n) is 6.92. The number of aliphatic imine (C=N–C) groups is 1. The van der Waals surface area contributed by atoms with E-state index in [1.54, 1.807) is 0 Å². The van der Waals surface area contributed by atoms with Crippen LogP contribution >= 0.6 is 0 Å². The number of hydrogen-bond acceptors (Lipinski definition) is 5. The van der Waals surface area contributed by atoms with Gasteiger partial charge in [0.15, 0.2) is 5.96 Å². The highest BCUT2D eigenvalue weighted by Crippen LogP contribution is 2.25. The highest BCUT2D eigenvalue weighted by atomic mass is 15.4. The lowest BCUT2D eigenvalue weighted by molar-refractivity contribution is 0.127. The Labute approximate surface area is 199 Å². The number of guanidine groups is 1. The topological polar surface area (TPSA) is 50.2 Å². The van der Waals surface area contributed by atoms with E-state index in [4.69, 9.17) is 4.98 Å². The molecule has 1 N–H and O–H groups in total. The Morgan fingerprint density at radius 3 is 2.30 bits per heavy atom. The minimum Gasteiger partial charge on any atom is -0.354 e. The van der Waals surface area contributed by atoms with Crippen LogP contribution in [-0.2, 0) is 6.54 Å². The van der Waals surface area contributed by atoms with Gasteiger partial charge in [0.1, 0.15) is 5.82 Å². The summed E-state index contributed by atoms with van der Waals surface area (Å²) in [5.41, 5.74) is 2.60. The maximum Gasteiger partial charge on any atom is 0.194 e. The van der Waals surface area contributed by atoms with E-state index in [2.05, 4.69) is 86.3 Å². The molecule has 33 heavy (non-hydrogen) atoms. The van der Waals surface area contributed by atoms with Crippen molar-refractivity contribution in [3.05, 3.63) is 59.8 Å². The van der Waals surface area contributed by atoms with Crippen molar-refractivity contribution in [1.29, 1.82) is 0 Å². The summed E-state index contributed by atoms with van der Waals surface area (Å²) < 4.78 is 0. The predicted molar refractivity (Wildman–Crippen MR) is 137 cm³/mol. The number of anilines is 1. The summed E-state index contributed by atoms with van der Waals surface area (Å²) in [6, 6.07) is 15.7. The Hall–Kier alpha value is -2.64. The van der Waals surface area contributed by atoms with Crippen molar-refractivity contribution in [3.63, 3.8) is 0 Å². The summed E-state index contributed by atoms with van der Waals surface area (Å²) in [5, 5.41) is 3.55. The molecule has 7 heteroatoms. The Balaban J connectivity index is 1.27. The second-order valence-electron chi connectivity index (χ2n) is 9.07. The van der Waals surface area contributed by atoms with Crippen LogP contribution in [0.5, 0.6) is 0 Å². The first-order valence-corrected chi connectivity index (χ1v) is 12.3. The molecule has 1 atom stereocenters. The highest BCUT2D eigenvalue weighted by Gasteiger charge is 2.25. The molecular formula is C26H39N7. The molecule has 4 rings (SSSR count). The molecule has 2 aliphatic rings. The van der Waals surface area contributed by atoms with Gasteiger partial charge in [-0.3, -0.25) is 9.89 Å². The van der Waals surface area contributed by atoms with E-state index in [9.17, 15) is 0 Å². The number of pyridine rings is 1. The summed E-state index contributed by atoms with van der Waals surface area (Å²) in [4.78, 5) is 19.0. The van der Waals surface area contributed by atoms with Crippen LogP contribution in [0.4, 0.5) is 5.82 Å². The van der Waals surface area contributed by atoms with Crippen LogP contribution in [0.15, 0.2) is 53.7 Å². The Kier molecular flexibility index (Phi) is 8.18. The maximum atomic E-state index is 4.72.